The van der Waals surface area contributed by atoms with Crippen molar-refractivity contribution < 1.29 is 14.7 Å². The minimum absolute atomic E-state index is 0.0555. The maximum atomic E-state index is 12.7. The van der Waals surface area contributed by atoms with Crippen LogP contribution >= 0.6 is 11.6 Å². The van der Waals surface area contributed by atoms with Crippen LogP contribution in [0.2, 0.25) is 5.02 Å². The fraction of sp³-hybridized carbons (Fsp3) is 0.364. The zero-order chi connectivity index (χ0) is 21.0. The number of halogens is 1. The van der Waals surface area contributed by atoms with Gasteiger partial charge in [0.1, 0.15) is 5.75 Å². The molecule has 1 saturated heterocycles. The summed E-state index contributed by atoms with van der Waals surface area (Å²) in [6, 6.07) is 11.8. The van der Waals surface area contributed by atoms with Gasteiger partial charge in [0.05, 0.1) is 11.7 Å². The van der Waals surface area contributed by atoms with Crippen LogP contribution in [0.25, 0.3) is 0 Å². The molecule has 1 fully saturated rings. The number of likely N-dealkylation sites (tertiary alicyclic amines) is 1. The third-order valence-corrected chi connectivity index (χ3v) is 5.68. The topological polar surface area (TPSA) is 81.7 Å². The summed E-state index contributed by atoms with van der Waals surface area (Å²) in [5.41, 5.74) is 2.09. The summed E-state index contributed by atoms with van der Waals surface area (Å²) in [7, 11) is 0. The van der Waals surface area contributed by atoms with Crippen molar-refractivity contribution >= 4 is 34.8 Å². The minimum atomic E-state index is -0.310. The first-order valence-electron chi connectivity index (χ1n) is 9.75. The van der Waals surface area contributed by atoms with Crippen LogP contribution in [0.5, 0.6) is 5.75 Å². The number of phenolic OH excluding ortho intramolecular Hbond substituents is 1. The van der Waals surface area contributed by atoms with Gasteiger partial charge in [0, 0.05) is 16.6 Å². The Morgan fingerprint density at radius 3 is 2.48 bits per heavy atom. The number of hydrogen-bond acceptors (Lipinski definition) is 4. The highest BCUT2D eigenvalue weighted by atomic mass is 35.5. The number of rotatable bonds is 5. The summed E-state index contributed by atoms with van der Waals surface area (Å²) >= 11 is 6.03. The second-order valence-corrected chi connectivity index (χ2v) is 7.88. The third-order valence-electron chi connectivity index (χ3n) is 5.45. The molecule has 0 bridgehead atoms. The molecule has 0 unspecified atom stereocenters. The number of carbonyl (C=O) groups is 2. The lowest BCUT2D eigenvalue weighted by Gasteiger charge is -2.34. The van der Waals surface area contributed by atoms with Gasteiger partial charge in [-0.25, -0.2) is 0 Å². The van der Waals surface area contributed by atoms with Crippen LogP contribution in [0.15, 0.2) is 42.5 Å². The Kier molecular flexibility index (Phi) is 6.77. The molecule has 7 heteroatoms. The number of phenols is 1. The Balaban J connectivity index is 1.53. The number of amides is 2. The summed E-state index contributed by atoms with van der Waals surface area (Å²) in [5.74, 6) is -0.276. The molecule has 2 aromatic carbocycles. The van der Waals surface area contributed by atoms with Crippen LogP contribution in [-0.4, -0.2) is 41.0 Å². The Labute approximate surface area is 175 Å². The van der Waals surface area contributed by atoms with Crippen LogP contribution < -0.4 is 10.6 Å². The maximum absolute atomic E-state index is 12.7. The number of benzene rings is 2. The van der Waals surface area contributed by atoms with Gasteiger partial charge in [0.25, 0.3) is 0 Å². The van der Waals surface area contributed by atoms with Crippen molar-refractivity contribution in [1.29, 1.82) is 0 Å². The molecule has 154 valence electrons. The monoisotopic (exact) mass is 415 g/mol. The first kappa shape index (κ1) is 21.1. The van der Waals surface area contributed by atoms with Crippen LogP contribution in [0.3, 0.4) is 0 Å². The maximum Gasteiger partial charge on any atom is 0.241 e. The lowest BCUT2D eigenvalue weighted by molar-refractivity contribution is -0.123. The largest absolute Gasteiger partial charge is 0.506 e. The Morgan fingerprint density at radius 1 is 1.10 bits per heavy atom. The smallest absolute Gasteiger partial charge is 0.241 e. The van der Waals surface area contributed by atoms with Gasteiger partial charge >= 0.3 is 0 Å². The summed E-state index contributed by atoms with van der Waals surface area (Å²) in [6.07, 6.45) is 1.32. The number of anilines is 2. The number of aromatic hydroxyl groups is 1. The van der Waals surface area contributed by atoms with E-state index in [1.54, 1.807) is 36.4 Å². The summed E-state index contributed by atoms with van der Waals surface area (Å²) in [4.78, 5) is 27.3. The zero-order valence-electron chi connectivity index (χ0n) is 16.6. The molecule has 0 aromatic heterocycles. The van der Waals surface area contributed by atoms with Crippen molar-refractivity contribution in [1.82, 2.24) is 4.90 Å². The lowest BCUT2D eigenvalue weighted by atomic mass is 9.94. The van der Waals surface area contributed by atoms with E-state index < -0.39 is 0 Å². The van der Waals surface area contributed by atoms with Gasteiger partial charge in [-0.15, -0.1) is 0 Å². The highest BCUT2D eigenvalue weighted by Crippen LogP contribution is 2.26. The van der Waals surface area contributed by atoms with Gasteiger partial charge in [-0.1, -0.05) is 29.8 Å². The van der Waals surface area contributed by atoms with Crippen LogP contribution in [-0.2, 0) is 9.59 Å². The number of hydrogen-bond donors (Lipinski definition) is 3. The van der Waals surface area contributed by atoms with E-state index in [-0.39, 0.29) is 29.5 Å². The van der Waals surface area contributed by atoms with Crippen molar-refractivity contribution in [2.24, 2.45) is 5.92 Å². The average molecular weight is 416 g/mol. The quantitative estimate of drug-likeness (QED) is 0.644. The zero-order valence-corrected chi connectivity index (χ0v) is 17.4. The number of carbonyl (C=O) groups excluding carboxylic acids is 2. The number of nitrogens with one attached hydrogen (secondary N) is 2. The van der Waals surface area contributed by atoms with Crippen molar-refractivity contribution in [3.63, 3.8) is 0 Å². The summed E-state index contributed by atoms with van der Waals surface area (Å²) in [6.45, 7) is 5.10. The number of para-hydroxylation sites is 2. The molecule has 1 atom stereocenters. The van der Waals surface area contributed by atoms with E-state index in [9.17, 15) is 14.7 Å². The second kappa shape index (κ2) is 9.29. The molecule has 6 nitrogen and oxygen atoms in total. The molecule has 0 spiro atoms. The fourth-order valence-electron chi connectivity index (χ4n) is 3.49. The molecule has 1 heterocycles. The molecule has 0 saturated carbocycles. The normalized spacial score (nSPS) is 16.2. The van der Waals surface area contributed by atoms with Crippen molar-refractivity contribution in [2.75, 3.05) is 23.7 Å². The minimum Gasteiger partial charge on any atom is -0.506 e. The first-order valence-corrected chi connectivity index (χ1v) is 10.1. The molecule has 1 aliphatic heterocycles. The highest BCUT2D eigenvalue weighted by molar-refractivity contribution is 6.31. The molecule has 3 rings (SSSR count). The number of nitrogens with zero attached hydrogens (tertiary/aromatic N) is 1. The fourth-order valence-corrected chi connectivity index (χ4v) is 3.67. The predicted octanol–water partition coefficient (Wildman–Crippen LogP) is 4.03. The lowest BCUT2D eigenvalue weighted by Crippen LogP contribution is -2.47. The average Bonchev–Trinajstić information content (AvgIpc) is 2.72. The van der Waals surface area contributed by atoms with Crippen LogP contribution in [0, 0.1) is 12.8 Å². The molecular formula is C22H26ClN3O3. The molecule has 29 heavy (non-hydrogen) atoms. The van der Waals surface area contributed by atoms with Gasteiger partial charge in [0.15, 0.2) is 0 Å². The molecule has 0 aliphatic carbocycles. The van der Waals surface area contributed by atoms with Gasteiger partial charge in [-0.3, -0.25) is 14.5 Å². The van der Waals surface area contributed by atoms with Gasteiger partial charge in [-0.2, -0.15) is 0 Å². The van der Waals surface area contributed by atoms with Crippen molar-refractivity contribution in [3.8, 4) is 5.75 Å². The molecule has 3 N–H and O–H groups in total. The van der Waals surface area contributed by atoms with Crippen molar-refractivity contribution in [2.45, 2.75) is 32.7 Å². The van der Waals surface area contributed by atoms with E-state index in [1.807, 2.05) is 19.9 Å². The SMILES string of the molecule is Cc1ccc(Cl)cc1NC(=O)[C@@H](C)N1CCC(C(=O)Nc2ccccc2O)CC1. The summed E-state index contributed by atoms with van der Waals surface area (Å²) in [5, 5.41) is 16.1. The Hall–Kier alpha value is -2.57. The highest BCUT2D eigenvalue weighted by Gasteiger charge is 2.30. The molecule has 0 radical (unpaired) electrons. The van der Waals surface area contributed by atoms with E-state index in [0.717, 1.165) is 5.56 Å². The third kappa shape index (κ3) is 5.28. The van der Waals surface area contributed by atoms with Gasteiger partial charge in [0.2, 0.25) is 11.8 Å². The summed E-state index contributed by atoms with van der Waals surface area (Å²) < 4.78 is 0. The van der Waals surface area contributed by atoms with E-state index in [1.165, 1.54) is 0 Å². The number of piperidine rings is 1. The van der Waals surface area contributed by atoms with E-state index in [0.29, 0.717) is 42.3 Å². The van der Waals surface area contributed by atoms with Crippen LogP contribution in [0.1, 0.15) is 25.3 Å². The standard InChI is InChI=1S/C22H26ClN3O3/c1-14-7-8-17(23)13-19(14)25-21(28)15(2)26-11-9-16(10-12-26)22(29)24-18-5-3-4-6-20(18)27/h3-8,13,15-16,27H,9-12H2,1-2H3,(H,24,29)(H,25,28)/t15-/m1/s1. The van der Waals surface area contributed by atoms with Gasteiger partial charge in [-0.05, 0) is 69.6 Å². The first-order chi connectivity index (χ1) is 13.8. The van der Waals surface area contributed by atoms with E-state index >= 15 is 0 Å². The van der Waals surface area contributed by atoms with Crippen LogP contribution in [0.4, 0.5) is 11.4 Å². The van der Waals surface area contributed by atoms with E-state index in [4.69, 9.17) is 11.6 Å². The second-order valence-electron chi connectivity index (χ2n) is 7.44. The van der Waals surface area contributed by atoms with Gasteiger partial charge < -0.3 is 15.7 Å². The number of aryl methyl sites for hydroxylation is 1. The predicted molar refractivity (Wildman–Crippen MR) is 115 cm³/mol. The molecular weight excluding hydrogens is 390 g/mol. The Bertz CT molecular complexity index is 895. The molecule has 2 amide bonds. The molecule has 2 aromatic rings. The Morgan fingerprint density at radius 2 is 1.79 bits per heavy atom. The molecule has 1 aliphatic rings. The van der Waals surface area contributed by atoms with E-state index in [2.05, 4.69) is 15.5 Å². The van der Waals surface area contributed by atoms with Crippen molar-refractivity contribution in [3.05, 3.63) is 53.1 Å².